The van der Waals surface area contributed by atoms with Crippen molar-refractivity contribution >= 4 is 5.91 Å². The Labute approximate surface area is 68.3 Å². The van der Waals surface area contributed by atoms with Crippen LogP contribution in [0.25, 0.3) is 0 Å². The molecular formula is C6H11F3N2O. The molecule has 0 heterocycles. The summed E-state index contributed by atoms with van der Waals surface area (Å²) < 4.78 is 34.6. The van der Waals surface area contributed by atoms with Crippen LogP contribution >= 0.6 is 0 Å². The standard InChI is InChI=1S/C6H11F3N2O/c1-4(2)3-10-11-5(12)6(7,8)9/h4,10H,3H2,1-2H3,(H,11,12). The van der Waals surface area contributed by atoms with E-state index in [4.69, 9.17) is 0 Å². The quantitative estimate of drug-likeness (QED) is 0.638. The molecule has 6 heteroatoms. The van der Waals surface area contributed by atoms with Gasteiger partial charge in [-0.1, -0.05) is 13.8 Å². The summed E-state index contributed by atoms with van der Waals surface area (Å²) in [6, 6.07) is 0. The van der Waals surface area contributed by atoms with Gasteiger partial charge in [0.15, 0.2) is 0 Å². The van der Waals surface area contributed by atoms with Crippen molar-refractivity contribution in [3.8, 4) is 0 Å². The van der Waals surface area contributed by atoms with Crippen molar-refractivity contribution in [3.05, 3.63) is 0 Å². The summed E-state index contributed by atoms with van der Waals surface area (Å²) in [6.07, 6.45) is -4.82. The number of halogens is 3. The van der Waals surface area contributed by atoms with Crippen LogP contribution in [0, 0.1) is 5.92 Å². The Hall–Kier alpha value is -0.780. The minimum absolute atomic E-state index is 0.179. The summed E-state index contributed by atoms with van der Waals surface area (Å²) >= 11 is 0. The van der Waals surface area contributed by atoms with Crippen LogP contribution in [0.4, 0.5) is 13.2 Å². The molecular weight excluding hydrogens is 173 g/mol. The van der Waals surface area contributed by atoms with Crippen LogP contribution in [0.5, 0.6) is 0 Å². The molecule has 0 radical (unpaired) electrons. The SMILES string of the molecule is CC(C)CNNC(=O)C(F)(F)F. The van der Waals surface area contributed by atoms with Gasteiger partial charge >= 0.3 is 12.1 Å². The average Bonchev–Trinajstić information content (AvgIpc) is 1.84. The molecule has 0 rings (SSSR count). The summed E-state index contributed by atoms with van der Waals surface area (Å²) in [6.45, 7) is 3.93. The third-order valence-corrected chi connectivity index (χ3v) is 0.970. The molecule has 0 aliphatic heterocycles. The molecule has 0 aliphatic rings. The second-order valence-corrected chi connectivity index (χ2v) is 2.73. The van der Waals surface area contributed by atoms with E-state index in [1.165, 1.54) is 0 Å². The van der Waals surface area contributed by atoms with Gasteiger partial charge in [-0.15, -0.1) is 0 Å². The van der Waals surface area contributed by atoms with Gasteiger partial charge in [0.05, 0.1) is 0 Å². The second kappa shape index (κ2) is 4.30. The maximum absolute atomic E-state index is 11.5. The van der Waals surface area contributed by atoms with Crippen molar-refractivity contribution in [1.82, 2.24) is 10.9 Å². The van der Waals surface area contributed by atoms with Gasteiger partial charge in [0.2, 0.25) is 0 Å². The lowest BCUT2D eigenvalue weighted by atomic mass is 10.2. The molecule has 0 aliphatic carbocycles. The van der Waals surface area contributed by atoms with E-state index in [0.717, 1.165) is 0 Å². The largest absolute Gasteiger partial charge is 0.472 e. The minimum atomic E-state index is -4.82. The number of carbonyl (C=O) groups is 1. The van der Waals surface area contributed by atoms with Crippen molar-refractivity contribution in [2.75, 3.05) is 6.54 Å². The first-order valence-electron chi connectivity index (χ1n) is 3.44. The van der Waals surface area contributed by atoms with E-state index in [1.807, 2.05) is 13.8 Å². The van der Waals surface area contributed by atoms with Gasteiger partial charge in [0, 0.05) is 6.54 Å². The van der Waals surface area contributed by atoms with Crippen LogP contribution < -0.4 is 10.9 Å². The molecule has 1 amide bonds. The number of hydrazine groups is 1. The lowest BCUT2D eigenvalue weighted by Gasteiger charge is -2.10. The monoisotopic (exact) mass is 184 g/mol. The van der Waals surface area contributed by atoms with Gasteiger partial charge in [-0.3, -0.25) is 10.2 Å². The van der Waals surface area contributed by atoms with Crippen molar-refractivity contribution in [2.24, 2.45) is 5.92 Å². The zero-order valence-corrected chi connectivity index (χ0v) is 6.83. The van der Waals surface area contributed by atoms with E-state index in [-0.39, 0.29) is 5.92 Å². The summed E-state index contributed by atoms with van der Waals surface area (Å²) in [5.74, 6) is -1.79. The first-order chi connectivity index (χ1) is 5.34. The lowest BCUT2D eigenvalue weighted by molar-refractivity contribution is -0.174. The zero-order chi connectivity index (χ0) is 9.78. The number of nitrogens with one attached hydrogen (secondary N) is 2. The molecule has 12 heavy (non-hydrogen) atoms. The predicted molar refractivity (Wildman–Crippen MR) is 37.0 cm³/mol. The molecule has 3 nitrogen and oxygen atoms in total. The van der Waals surface area contributed by atoms with Gasteiger partial charge in [-0.05, 0) is 5.92 Å². The third-order valence-electron chi connectivity index (χ3n) is 0.970. The van der Waals surface area contributed by atoms with E-state index in [1.54, 1.807) is 5.43 Å². The Bertz CT molecular complexity index is 155. The maximum atomic E-state index is 11.5. The average molecular weight is 184 g/mol. The van der Waals surface area contributed by atoms with Gasteiger partial charge in [-0.25, -0.2) is 5.43 Å². The maximum Gasteiger partial charge on any atom is 0.472 e. The molecule has 0 saturated heterocycles. The van der Waals surface area contributed by atoms with Crippen LogP contribution in [0.3, 0.4) is 0 Å². The highest BCUT2D eigenvalue weighted by Gasteiger charge is 2.38. The molecule has 0 aromatic carbocycles. The highest BCUT2D eigenvalue weighted by molar-refractivity contribution is 5.81. The normalized spacial score (nSPS) is 11.8. The van der Waals surface area contributed by atoms with Crippen molar-refractivity contribution in [1.29, 1.82) is 0 Å². The molecule has 0 aromatic heterocycles. The molecule has 2 N–H and O–H groups in total. The van der Waals surface area contributed by atoms with Crippen LogP contribution in [0.2, 0.25) is 0 Å². The number of carbonyl (C=O) groups excluding carboxylic acids is 1. The fourth-order valence-electron chi connectivity index (χ4n) is 0.406. The summed E-state index contributed by atoms with van der Waals surface area (Å²) in [5, 5.41) is 0. The van der Waals surface area contributed by atoms with Gasteiger partial charge < -0.3 is 0 Å². The number of alkyl halides is 3. The van der Waals surface area contributed by atoms with Crippen LogP contribution in [-0.4, -0.2) is 18.6 Å². The minimum Gasteiger partial charge on any atom is -0.284 e. The van der Waals surface area contributed by atoms with E-state index >= 15 is 0 Å². The molecule has 0 atom stereocenters. The first-order valence-corrected chi connectivity index (χ1v) is 3.44. The number of rotatable bonds is 3. The number of hydrogen-bond donors (Lipinski definition) is 2. The molecule has 0 unspecified atom stereocenters. The summed E-state index contributed by atoms with van der Waals surface area (Å²) in [4.78, 5) is 10.1. The second-order valence-electron chi connectivity index (χ2n) is 2.73. The topological polar surface area (TPSA) is 41.1 Å². The Morgan fingerprint density at radius 2 is 1.92 bits per heavy atom. The van der Waals surface area contributed by atoms with E-state index in [9.17, 15) is 18.0 Å². The van der Waals surface area contributed by atoms with Gasteiger partial charge in [0.25, 0.3) is 0 Å². The fourth-order valence-corrected chi connectivity index (χ4v) is 0.406. The van der Waals surface area contributed by atoms with Crippen LogP contribution in [0.1, 0.15) is 13.8 Å². The Kier molecular flexibility index (Phi) is 4.02. The molecule has 0 aromatic rings. The fraction of sp³-hybridized carbons (Fsp3) is 0.833. The van der Waals surface area contributed by atoms with Crippen molar-refractivity contribution in [2.45, 2.75) is 20.0 Å². The zero-order valence-electron chi connectivity index (χ0n) is 6.83. The third kappa shape index (κ3) is 4.95. The highest BCUT2D eigenvalue weighted by Crippen LogP contribution is 2.13. The van der Waals surface area contributed by atoms with Gasteiger partial charge in [-0.2, -0.15) is 13.2 Å². The lowest BCUT2D eigenvalue weighted by Crippen LogP contribution is -2.46. The van der Waals surface area contributed by atoms with Crippen molar-refractivity contribution < 1.29 is 18.0 Å². The molecule has 0 spiro atoms. The highest BCUT2D eigenvalue weighted by atomic mass is 19.4. The van der Waals surface area contributed by atoms with Crippen LogP contribution in [0.15, 0.2) is 0 Å². The Morgan fingerprint density at radius 3 is 2.25 bits per heavy atom. The summed E-state index contributed by atoms with van der Waals surface area (Å²) in [7, 11) is 0. The smallest absolute Gasteiger partial charge is 0.284 e. The molecule has 0 fully saturated rings. The molecule has 0 saturated carbocycles. The van der Waals surface area contributed by atoms with E-state index < -0.39 is 12.1 Å². The Balaban J connectivity index is 3.59. The Morgan fingerprint density at radius 1 is 1.42 bits per heavy atom. The molecule has 72 valence electrons. The summed E-state index contributed by atoms with van der Waals surface area (Å²) in [5.41, 5.74) is 3.71. The first kappa shape index (κ1) is 11.2. The van der Waals surface area contributed by atoms with Gasteiger partial charge in [0.1, 0.15) is 0 Å². The molecule has 0 bridgehead atoms. The van der Waals surface area contributed by atoms with Crippen molar-refractivity contribution in [3.63, 3.8) is 0 Å². The van der Waals surface area contributed by atoms with E-state index in [2.05, 4.69) is 5.43 Å². The number of hydrogen-bond acceptors (Lipinski definition) is 2. The van der Waals surface area contributed by atoms with Crippen LogP contribution in [-0.2, 0) is 4.79 Å². The predicted octanol–water partition coefficient (Wildman–Crippen LogP) is 0.825. The van der Waals surface area contributed by atoms with E-state index in [0.29, 0.717) is 6.54 Å². The number of amides is 1.